The predicted octanol–water partition coefficient (Wildman–Crippen LogP) is 3.79. The lowest BCUT2D eigenvalue weighted by molar-refractivity contribution is 0.589. The third-order valence-corrected chi connectivity index (χ3v) is 3.45. The molecule has 2 aromatic carbocycles. The van der Waals surface area contributed by atoms with Crippen molar-refractivity contribution in [3.63, 3.8) is 0 Å². The first-order valence-corrected chi connectivity index (χ1v) is 7.55. The van der Waals surface area contributed by atoms with Crippen molar-refractivity contribution in [2.75, 3.05) is 31.1 Å². The summed E-state index contributed by atoms with van der Waals surface area (Å²) in [6.07, 6.45) is 0. The molecule has 0 aromatic heterocycles. The maximum absolute atomic E-state index is 3.40. The normalized spacial score (nSPS) is 14.4. The number of nitrogens with one attached hydrogen (secondary N) is 1. The molecule has 0 saturated carbocycles. The van der Waals surface area contributed by atoms with Crippen LogP contribution in [0, 0.1) is 0 Å². The van der Waals surface area contributed by atoms with Crippen LogP contribution >= 0.6 is 0 Å². The Hall–Kier alpha value is -1.80. The van der Waals surface area contributed by atoms with E-state index in [0.717, 1.165) is 26.2 Å². The molecule has 0 amide bonds. The summed E-state index contributed by atoms with van der Waals surface area (Å²) in [5, 5.41) is 3.40. The molecule has 1 fully saturated rings. The van der Waals surface area contributed by atoms with Gasteiger partial charge in [0.2, 0.25) is 0 Å². The quantitative estimate of drug-likeness (QED) is 0.891. The van der Waals surface area contributed by atoms with E-state index in [0.29, 0.717) is 0 Å². The van der Waals surface area contributed by atoms with Gasteiger partial charge in [-0.15, -0.1) is 0 Å². The van der Waals surface area contributed by atoms with Gasteiger partial charge in [0.1, 0.15) is 0 Å². The van der Waals surface area contributed by atoms with Crippen LogP contribution in [0.4, 0.5) is 5.69 Å². The summed E-state index contributed by atoms with van der Waals surface area (Å²) in [4.78, 5) is 2.47. The van der Waals surface area contributed by atoms with Crippen LogP contribution in [0.3, 0.4) is 0 Å². The van der Waals surface area contributed by atoms with Gasteiger partial charge in [-0.2, -0.15) is 0 Å². The van der Waals surface area contributed by atoms with Crippen molar-refractivity contribution in [2.24, 2.45) is 0 Å². The average molecular weight is 268 g/mol. The SMILES string of the molecule is CC.c1ccc(-c2ccccc2N2CCNCC2)cc1. The molecular formula is C18H24N2. The second-order valence-corrected chi connectivity index (χ2v) is 4.62. The Balaban J connectivity index is 0.000000704. The summed E-state index contributed by atoms with van der Waals surface area (Å²) in [5.74, 6) is 0. The Kier molecular flexibility index (Phi) is 5.63. The van der Waals surface area contributed by atoms with E-state index in [2.05, 4.69) is 64.8 Å². The Labute approximate surface area is 122 Å². The van der Waals surface area contributed by atoms with Crippen LogP contribution < -0.4 is 10.2 Å². The Morgan fingerprint density at radius 3 is 2.10 bits per heavy atom. The fourth-order valence-corrected chi connectivity index (χ4v) is 2.52. The van der Waals surface area contributed by atoms with Gasteiger partial charge in [-0.3, -0.25) is 0 Å². The highest BCUT2D eigenvalue weighted by Gasteiger charge is 2.14. The highest BCUT2D eigenvalue weighted by Crippen LogP contribution is 2.30. The van der Waals surface area contributed by atoms with Gasteiger partial charge in [-0.25, -0.2) is 0 Å². The number of anilines is 1. The molecular weight excluding hydrogens is 244 g/mol. The van der Waals surface area contributed by atoms with Crippen molar-refractivity contribution in [3.05, 3.63) is 54.6 Å². The van der Waals surface area contributed by atoms with Crippen molar-refractivity contribution >= 4 is 5.69 Å². The molecule has 3 rings (SSSR count). The zero-order valence-electron chi connectivity index (χ0n) is 12.5. The third kappa shape index (κ3) is 3.40. The largest absolute Gasteiger partial charge is 0.368 e. The minimum absolute atomic E-state index is 1.07. The number of hydrogen-bond acceptors (Lipinski definition) is 2. The van der Waals surface area contributed by atoms with E-state index in [1.54, 1.807) is 0 Å². The Morgan fingerprint density at radius 2 is 1.40 bits per heavy atom. The summed E-state index contributed by atoms with van der Waals surface area (Å²) in [5.41, 5.74) is 3.98. The van der Waals surface area contributed by atoms with Crippen LogP contribution in [0.15, 0.2) is 54.6 Å². The molecule has 0 spiro atoms. The van der Waals surface area contributed by atoms with E-state index < -0.39 is 0 Å². The molecule has 2 heteroatoms. The minimum atomic E-state index is 1.07. The lowest BCUT2D eigenvalue weighted by atomic mass is 10.0. The number of piperazine rings is 1. The van der Waals surface area contributed by atoms with Crippen LogP contribution in [0.25, 0.3) is 11.1 Å². The van der Waals surface area contributed by atoms with Crippen LogP contribution in [0.5, 0.6) is 0 Å². The molecule has 1 saturated heterocycles. The van der Waals surface area contributed by atoms with E-state index in [9.17, 15) is 0 Å². The fraction of sp³-hybridized carbons (Fsp3) is 0.333. The molecule has 2 nitrogen and oxygen atoms in total. The summed E-state index contributed by atoms with van der Waals surface area (Å²) in [7, 11) is 0. The van der Waals surface area contributed by atoms with Gasteiger partial charge in [0.15, 0.2) is 0 Å². The van der Waals surface area contributed by atoms with E-state index in [1.165, 1.54) is 16.8 Å². The molecule has 0 radical (unpaired) electrons. The molecule has 2 aromatic rings. The standard InChI is InChI=1S/C16H18N2.C2H6/c1-2-6-14(7-3-1)15-8-4-5-9-16(15)18-12-10-17-11-13-18;1-2/h1-9,17H,10-13H2;1-2H3. The number of rotatable bonds is 2. The minimum Gasteiger partial charge on any atom is -0.368 e. The highest BCUT2D eigenvalue weighted by atomic mass is 15.2. The highest BCUT2D eigenvalue weighted by molar-refractivity contribution is 5.78. The molecule has 0 atom stereocenters. The average Bonchev–Trinajstić information content (AvgIpc) is 2.58. The zero-order chi connectivity index (χ0) is 14.2. The molecule has 1 heterocycles. The van der Waals surface area contributed by atoms with E-state index >= 15 is 0 Å². The summed E-state index contributed by atoms with van der Waals surface area (Å²) < 4.78 is 0. The molecule has 0 aliphatic carbocycles. The molecule has 0 bridgehead atoms. The summed E-state index contributed by atoms with van der Waals surface area (Å²) in [6, 6.07) is 19.3. The molecule has 0 unspecified atom stereocenters. The van der Waals surface area contributed by atoms with Crippen molar-refractivity contribution < 1.29 is 0 Å². The van der Waals surface area contributed by atoms with Crippen LogP contribution in [0.2, 0.25) is 0 Å². The van der Waals surface area contributed by atoms with Crippen LogP contribution in [-0.2, 0) is 0 Å². The smallest absolute Gasteiger partial charge is 0.0446 e. The first-order chi connectivity index (χ1) is 9.95. The fourth-order valence-electron chi connectivity index (χ4n) is 2.52. The van der Waals surface area contributed by atoms with E-state index in [1.807, 2.05) is 13.8 Å². The second-order valence-electron chi connectivity index (χ2n) is 4.62. The summed E-state index contributed by atoms with van der Waals surface area (Å²) in [6.45, 7) is 8.32. The molecule has 106 valence electrons. The molecule has 1 N–H and O–H groups in total. The second kappa shape index (κ2) is 7.71. The Bertz CT molecular complexity index is 502. The van der Waals surface area contributed by atoms with Gasteiger partial charge < -0.3 is 10.2 Å². The molecule has 20 heavy (non-hydrogen) atoms. The van der Waals surface area contributed by atoms with Gasteiger partial charge >= 0.3 is 0 Å². The first kappa shape index (κ1) is 14.6. The maximum Gasteiger partial charge on any atom is 0.0446 e. The summed E-state index contributed by atoms with van der Waals surface area (Å²) >= 11 is 0. The van der Waals surface area contributed by atoms with Crippen molar-refractivity contribution in [1.29, 1.82) is 0 Å². The van der Waals surface area contributed by atoms with Gasteiger partial charge in [-0.05, 0) is 11.6 Å². The van der Waals surface area contributed by atoms with Gasteiger partial charge in [0.05, 0.1) is 0 Å². The maximum atomic E-state index is 3.40. The number of hydrogen-bond donors (Lipinski definition) is 1. The van der Waals surface area contributed by atoms with E-state index in [-0.39, 0.29) is 0 Å². The molecule has 1 aliphatic rings. The number of nitrogens with zero attached hydrogens (tertiary/aromatic N) is 1. The van der Waals surface area contributed by atoms with Crippen LogP contribution in [0.1, 0.15) is 13.8 Å². The number of benzene rings is 2. The third-order valence-electron chi connectivity index (χ3n) is 3.45. The van der Waals surface area contributed by atoms with E-state index in [4.69, 9.17) is 0 Å². The monoisotopic (exact) mass is 268 g/mol. The first-order valence-electron chi connectivity index (χ1n) is 7.55. The van der Waals surface area contributed by atoms with Gasteiger partial charge in [0.25, 0.3) is 0 Å². The predicted molar refractivity (Wildman–Crippen MR) is 88.3 cm³/mol. The lowest BCUT2D eigenvalue weighted by Crippen LogP contribution is -2.43. The van der Waals surface area contributed by atoms with Crippen molar-refractivity contribution in [1.82, 2.24) is 5.32 Å². The topological polar surface area (TPSA) is 15.3 Å². The lowest BCUT2D eigenvalue weighted by Gasteiger charge is -2.31. The van der Waals surface area contributed by atoms with Crippen LogP contribution in [-0.4, -0.2) is 26.2 Å². The zero-order valence-corrected chi connectivity index (χ0v) is 12.5. The van der Waals surface area contributed by atoms with Crippen molar-refractivity contribution in [3.8, 4) is 11.1 Å². The Morgan fingerprint density at radius 1 is 0.800 bits per heavy atom. The van der Waals surface area contributed by atoms with Gasteiger partial charge in [0, 0.05) is 37.4 Å². The van der Waals surface area contributed by atoms with Crippen molar-refractivity contribution in [2.45, 2.75) is 13.8 Å². The molecule has 1 aliphatic heterocycles. The number of para-hydroxylation sites is 1. The van der Waals surface area contributed by atoms with Gasteiger partial charge in [-0.1, -0.05) is 62.4 Å².